The van der Waals surface area contributed by atoms with Crippen LogP contribution in [0.15, 0.2) is 42.5 Å². The Morgan fingerprint density at radius 2 is 2.00 bits per heavy atom. The molecule has 0 bridgehead atoms. The van der Waals surface area contributed by atoms with Gasteiger partial charge in [-0.05, 0) is 42.5 Å². The summed E-state index contributed by atoms with van der Waals surface area (Å²) in [5.41, 5.74) is 3.00. The molecular formula is C15H12ClN3O2. The highest BCUT2D eigenvalue weighted by Gasteiger charge is 2.06. The molecular weight excluding hydrogens is 290 g/mol. The number of nitrogens with one attached hydrogen (secondary N) is 2. The van der Waals surface area contributed by atoms with Crippen molar-refractivity contribution in [3.8, 4) is 0 Å². The quantitative estimate of drug-likeness (QED) is 0.723. The molecule has 0 atom stereocenters. The van der Waals surface area contributed by atoms with E-state index in [1.54, 1.807) is 30.3 Å². The molecule has 0 fully saturated rings. The molecule has 3 rings (SSSR count). The first-order chi connectivity index (χ1) is 10.2. The maximum Gasteiger partial charge on any atom is 0.337 e. The van der Waals surface area contributed by atoms with Gasteiger partial charge in [0.05, 0.1) is 23.7 Å². The minimum atomic E-state index is -0.361. The number of hydrogen-bond donors (Lipinski definition) is 2. The van der Waals surface area contributed by atoms with E-state index in [9.17, 15) is 4.79 Å². The van der Waals surface area contributed by atoms with Gasteiger partial charge in [-0.1, -0.05) is 11.6 Å². The zero-order valence-corrected chi connectivity index (χ0v) is 11.9. The largest absolute Gasteiger partial charge is 0.465 e. The molecule has 0 spiro atoms. The second-order valence-electron chi connectivity index (χ2n) is 4.44. The number of carbonyl (C=O) groups excluding carboxylic acids is 1. The SMILES string of the molecule is COC(=O)c1ccc(Nc2nc3ccc(Cl)cc3[nH]2)cc1. The van der Waals surface area contributed by atoms with Gasteiger partial charge in [0.25, 0.3) is 0 Å². The third-order valence-electron chi connectivity index (χ3n) is 3.01. The average Bonchev–Trinajstić information content (AvgIpc) is 2.88. The van der Waals surface area contributed by atoms with Crippen molar-refractivity contribution in [3.05, 3.63) is 53.1 Å². The van der Waals surface area contributed by atoms with Gasteiger partial charge in [-0.2, -0.15) is 0 Å². The monoisotopic (exact) mass is 301 g/mol. The van der Waals surface area contributed by atoms with E-state index in [0.29, 0.717) is 16.5 Å². The fraction of sp³-hybridized carbons (Fsp3) is 0.0667. The summed E-state index contributed by atoms with van der Waals surface area (Å²) in [6.45, 7) is 0. The maximum absolute atomic E-state index is 11.4. The molecule has 5 nitrogen and oxygen atoms in total. The van der Waals surface area contributed by atoms with Gasteiger partial charge in [0, 0.05) is 10.7 Å². The number of ether oxygens (including phenoxy) is 1. The molecule has 6 heteroatoms. The van der Waals surface area contributed by atoms with Crippen LogP contribution in [0, 0.1) is 0 Å². The molecule has 0 saturated heterocycles. The van der Waals surface area contributed by atoms with Crippen molar-refractivity contribution >= 4 is 40.2 Å². The van der Waals surface area contributed by atoms with Crippen LogP contribution in [-0.4, -0.2) is 23.0 Å². The number of aromatic nitrogens is 2. The second kappa shape index (κ2) is 5.46. The lowest BCUT2D eigenvalue weighted by molar-refractivity contribution is 0.0601. The summed E-state index contributed by atoms with van der Waals surface area (Å²) in [5, 5.41) is 3.79. The minimum absolute atomic E-state index is 0.361. The Kier molecular flexibility index (Phi) is 3.50. The summed E-state index contributed by atoms with van der Waals surface area (Å²) in [4.78, 5) is 18.9. The molecule has 1 aromatic heterocycles. The lowest BCUT2D eigenvalue weighted by Gasteiger charge is -2.03. The van der Waals surface area contributed by atoms with E-state index in [1.165, 1.54) is 7.11 Å². The van der Waals surface area contributed by atoms with Gasteiger partial charge in [-0.25, -0.2) is 9.78 Å². The van der Waals surface area contributed by atoms with Crippen molar-refractivity contribution in [1.82, 2.24) is 9.97 Å². The van der Waals surface area contributed by atoms with E-state index in [1.807, 2.05) is 12.1 Å². The van der Waals surface area contributed by atoms with Gasteiger partial charge < -0.3 is 15.0 Å². The molecule has 21 heavy (non-hydrogen) atoms. The number of halogens is 1. The lowest BCUT2D eigenvalue weighted by atomic mass is 10.2. The molecule has 106 valence electrons. The van der Waals surface area contributed by atoms with Gasteiger partial charge >= 0.3 is 5.97 Å². The number of hydrogen-bond acceptors (Lipinski definition) is 4. The number of imidazole rings is 1. The van der Waals surface area contributed by atoms with Crippen molar-refractivity contribution in [2.75, 3.05) is 12.4 Å². The van der Waals surface area contributed by atoms with E-state index in [0.717, 1.165) is 16.7 Å². The fourth-order valence-electron chi connectivity index (χ4n) is 1.99. The predicted molar refractivity (Wildman–Crippen MR) is 82.2 cm³/mol. The van der Waals surface area contributed by atoms with Crippen LogP contribution in [0.3, 0.4) is 0 Å². The molecule has 2 aromatic carbocycles. The molecule has 0 radical (unpaired) electrons. The number of rotatable bonds is 3. The Balaban J connectivity index is 1.83. The number of nitrogens with zero attached hydrogens (tertiary/aromatic N) is 1. The standard InChI is InChI=1S/C15H12ClN3O2/c1-21-14(20)9-2-5-11(6-3-9)17-15-18-12-7-4-10(16)8-13(12)19-15/h2-8H,1H3,(H2,17,18,19). The summed E-state index contributed by atoms with van der Waals surface area (Å²) < 4.78 is 4.66. The Bertz CT molecular complexity index is 796. The number of methoxy groups -OCH3 is 1. The molecule has 0 saturated carbocycles. The zero-order valence-electron chi connectivity index (χ0n) is 11.2. The molecule has 0 amide bonds. The topological polar surface area (TPSA) is 67.0 Å². The summed E-state index contributed by atoms with van der Waals surface area (Å²) in [6.07, 6.45) is 0. The van der Waals surface area contributed by atoms with Gasteiger partial charge in [0.15, 0.2) is 0 Å². The normalized spacial score (nSPS) is 10.6. The molecule has 0 aliphatic carbocycles. The maximum atomic E-state index is 11.4. The Labute approximate surface area is 125 Å². The highest BCUT2D eigenvalue weighted by atomic mass is 35.5. The first kappa shape index (κ1) is 13.5. The first-order valence-electron chi connectivity index (χ1n) is 6.26. The smallest absolute Gasteiger partial charge is 0.337 e. The van der Waals surface area contributed by atoms with Crippen LogP contribution in [0.4, 0.5) is 11.6 Å². The van der Waals surface area contributed by atoms with Crippen LogP contribution in [0.5, 0.6) is 0 Å². The van der Waals surface area contributed by atoms with Gasteiger partial charge in [-0.15, -0.1) is 0 Å². The Morgan fingerprint density at radius 1 is 1.24 bits per heavy atom. The van der Waals surface area contributed by atoms with E-state index in [4.69, 9.17) is 11.6 Å². The zero-order chi connectivity index (χ0) is 14.8. The molecule has 2 N–H and O–H groups in total. The molecule has 0 aliphatic rings. The summed E-state index contributed by atoms with van der Waals surface area (Å²) >= 11 is 5.94. The molecule has 0 unspecified atom stereocenters. The number of fused-ring (bicyclic) bond motifs is 1. The average molecular weight is 302 g/mol. The van der Waals surface area contributed by atoms with Crippen molar-refractivity contribution in [2.24, 2.45) is 0 Å². The Hall–Kier alpha value is -2.53. The van der Waals surface area contributed by atoms with Crippen molar-refractivity contribution in [3.63, 3.8) is 0 Å². The lowest BCUT2D eigenvalue weighted by Crippen LogP contribution is -2.01. The van der Waals surface area contributed by atoms with Crippen LogP contribution in [0.1, 0.15) is 10.4 Å². The van der Waals surface area contributed by atoms with Gasteiger partial charge in [0.2, 0.25) is 5.95 Å². The summed E-state index contributed by atoms with van der Waals surface area (Å²) in [5.74, 6) is 0.248. The van der Waals surface area contributed by atoms with Gasteiger partial charge in [0.1, 0.15) is 0 Å². The second-order valence-corrected chi connectivity index (χ2v) is 4.88. The van der Waals surface area contributed by atoms with Crippen LogP contribution in [0.2, 0.25) is 5.02 Å². The number of anilines is 2. The summed E-state index contributed by atoms with van der Waals surface area (Å²) in [6, 6.07) is 12.4. The third-order valence-corrected chi connectivity index (χ3v) is 3.25. The third kappa shape index (κ3) is 2.83. The van der Waals surface area contributed by atoms with Crippen molar-refractivity contribution < 1.29 is 9.53 Å². The van der Waals surface area contributed by atoms with Crippen molar-refractivity contribution in [2.45, 2.75) is 0 Å². The minimum Gasteiger partial charge on any atom is -0.465 e. The number of benzene rings is 2. The molecule has 0 aliphatic heterocycles. The number of H-pyrrole nitrogens is 1. The van der Waals surface area contributed by atoms with Crippen LogP contribution in [-0.2, 0) is 4.74 Å². The molecule has 3 aromatic rings. The van der Waals surface area contributed by atoms with Crippen LogP contribution >= 0.6 is 11.6 Å². The van der Waals surface area contributed by atoms with Gasteiger partial charge in [-0.3, -0.25) is 0 Å². The first-order valence-corrected chi connectivity index (χ1v) is 6.64. The predicted octanol–water partition coefficient (Wildman–Crippen LogP) is 3.75. The van der Waals surface area contributed by atoms with E-state index in [2.05, 4.69) is 20.0 Å². The van der Waals surface area contributed by atoms with Crippen LogP contribution in [0.25, 0.3) is 11.0 Å². The number of aromatic amines is 1. The van der Waals surface area contributed by atoms with E-state index in [-0.39, 0.29) is 5.97 Å². The van der Waals surface area contributed by atoms with Crippen LogP contribution < -0.4 is 5.32 Å². The van der Waals surface area contributed by atoms with E-state index < -0.39 is 0 Å². The van der Waals surface area contributed by atoms with Crippen molar-refractivity contribution in [1.29, 1.82) is 0 Å². The number of carbonyl (C=O) groups is 1. The summed E-state index contributed by atoms with van der Waals surface area (Å²) in [7, 11) is 1.36. The fourth-order valence-corrected chi connectivity index (χ4v) is 2.16. The Morgan fingerprint density at radius 3 is 2.71 bits per heavy atom. The highest BCUT2D eigenvalue weighted by Crippen LogP contribution is 2.21. The highest BCUT2D eigenvalue weighted by molar-refractivity contribution is 6.31. The van der Waals surface area contributed by atoms with E-state index >= 15 is 0 Å². The number of esters is 1. The molecule has 1 heterocycles.